The SMILES string of the molecule is CC(O)c1nc2c(F)cc(-c3ncnc(Cl)n3)cc2n1C(C)C. The van der Waals surface area contributed by atoms with Crippen LogP contribution in [-0.2, 0) is 0 Å². The van der Waals surface area contributed by atoms with Crippen LogP contribution < -0.4 is 0 Å². The zero-order valence-electron chi connectivity index (χ0n) is 12.8. The Morgan fingerprint density at radius 2 is 1.91 bits per heavy atom. The normalized spacial score (nSPS) is 13.0. The highest BCUT2D eigenvalue weighted by molar-refractivity contribution is 6.28. The Morgan fingerprint density at radius 3 is 2.52 bits per heavy atom. The number of imidazole rings is 1. The summed E-state index contributed by atoms with van der Waals surface area (Å²) in [5, 5.41) is 9.95. The van der Waals surface area contributed by atoms with E-state index >= 15 is 0 Å². The molecule has 0 aliphatic carbocycles. The van der Waals surface area contributed by atoms with Crippen molar-refractivity contribution in [1.82, 2.24) is 24.5 Å². The number of aromatic nitrogens is 5. The van der Waals surface area contributed by atoms with Crippen molar-refractivity contribution < 1.29 is 9.50 Å². The van der Waals surface area contributed by atoms with Crippen LogP contribution in [0.4, 0.5) is 4.39 Å². The van der Waals surface area contributed by atoms with E-state index in [0.717, 1.165) is 0 Å². The first-order chi connectivity index (χ1) is 10.9. The number of rotatable bonds is 3. The molecule has 1 N–H and O–H groups in total. The van der Waals surface area contributed by atoms with E-state index in [9.17, 15) is 9.50 Å². The average molecular weight is 336 g/mol. The van der Waals surface area contributed by atoms with Gasteiger partial charge in [0.1, 0.15) is 23.8 Å². The number of nitrogens with zero attached hydrogens (tertiary/aromatic N) is 5. The predicted octanol–water partition coefficient (Wildman–Crippen LogP) is 3.32. The fourth-order valence-corrected chi connectivity index (χ4v) is 2.68. The van der Waals surface area contributed by atoms with Gasteiger partial charge in [0.05, 0.1) is 5.52 Å². The van der Waals surface area contributed by atoms with Gasteiger partial charge in [-0.05, 0) is 44.5 Å². The third-order valence-corrected chi connectivity index (χ3v) is 3.65. The second-order valence-electron chi connectivity index (χ2n) is 5.51. The second-order valence-corrected chi connectivity index (χ2v) is 5.85. The summed E-state index contributed by atoms with van der Waals surface area (Å²) in [6.07, 6.45) is 0.465. The lowest BCUT2D eigenvalue weighted by Crippen LogP contribution is -2.08. The first kappa shape index (κ1) is 15.8. The van der Waals surface area contributed by atoms with Crippen LogP contribution in [0, 0.1) is 5.82 Å². The Hall–Kier alpha value is -2.12. The van der Waals surface area contributed by atoms with Crippen molar-refractivity contribution in [1.29, 1.82) is 0 Å². The molecule has 0 fully saturated rings. The van der Waals surface area contributed by atoms with E-state index in [-0.39, 0.29) is 22.7 Å². The summed E-state index contributed by atoms with van der Waals surface area (Å²) in [7, 11) is 0. The minimum Gasteiger partial charge on any atom is -0.385 e. The van der Waals surface area contributed by atoms with E-state index < -0.39 is 11.9 Å². The first-order valence-electron chi connectivity index (χ1n) is 7.13. The van der Waals surface area contributed by atoms with Crippen LogP contribution in [0.5, 0.6) is 0 Å². The van der Waals surface area contributed by atoms with E-state index in [1.165, 1.54) is 12.4 Å². The fraction of sp³-hybridized carbons (Fsp3) is 0.333. The number of hydrogen-bond acceptors (Lipinski definition) is 5. The summed E-state index contributed by atoms with van der Waals surface area (Å²) < 4.78 is 16.3. The Labute approximate surface area is 137 Å². The molecule has 120 valence electrons. The minimum atomic E-state index is -0.806. The quantitative estimate of drug-likeness (QED) is 0.794. The Balaban J connectivity index is 2.30. The Kier molecular flexibility index (Phi) is 3.99. The second kappa shape index (κ2) is 5.82. The summed E-state index contributed by atoms with van der Waals surface area (Å²) in [4.78, 5) is 16.0. The molecular weight excluding hydrogens is 321 g/mol. The van der Waals surface area contributed by atoms with Gasteiger partial charge in [-0.25, -0.2) is 19.3 Å². The van der Waals surface area contributed by atoms with E-state index in [2.05, 4.69) is 19.9 Å². The summed E-state index contributed by atoms with van der Waals surface area (Å²) in [5.41, 5.74) is 1.25. The van der Waals surface area contributed by atoms with Gasteiger partial charge in [-0.1, -0.05) is 0 Å². The fourth-order valence-electron chi connectivity index (χ4n) is 2.55. The molecule has 1 unspecified atom stereocenters. The molecule has 1 aromatic carbocycles. The highest BCUT2D eigenvalue weighted by atomic mass is 35.5. The maximum Gasteiger partial charge on any atom is 0.225 e. The van der Waals surface area contributed by atoms with Gasteiger partial charge in [-0.3, -0.25) is 0 Å². The maximum absolute atomic E-state index is 14.5. The molecule has 0 saturated heterocycles. The number of benzene rings is 1. The van der Waals surface area contributed by atoms with E-state index in [1.807, 2.05) is 13.8 Å². The van der Waals surface area contributed by atoms with Gasteiger partial charge < -0.3 is 9.67 Å². The van der Waals surface area contributed by atoms with Crippen molar-refractivity contribution in [2.45, 2.75) is 32.9 Å². The molecule has 0 bridgehead atoms. The highest BCUT2D eigenvalue weighted by Crippen LogP contribution is 2.30. The molecular formula is C15H15ClFN5O. The monoisotopic (exact) mass is 335 g/mol. The van der Waals surface area contributed by atoms with E-state index in [4.69, 9.17) is 11.6 Å². The number of fused-ring (bicyclic) bond motifs is 1. The molecule has 0 aliphatic heterocycles. The topological polar surface area (TPSA) is 76.7 Å². The van der Waals surface area contributed by atoms with Crippen LogP contribution in [0.3, 0.4) is 0 Å². The largest absolute Gasteiger partial charge is 0.385 e. The van der Waals surface area contributed by atoms with Gasteiger partial charge in [0.15, 0.2) is 11.6 Å². The maximum atomic E-state index is 14.5. The number of hydrogen-bond donors (Lipinski definition) is 1. The summed E-state index contributed by atoms with van der Waals surface area (Å²) >= 11 is 5.77. The molecule has 0 radical (unpaired) electrons. The third kappa shape index (κ3) is 2.77. The molecule has 1 atom stereocenters. The molecule has 2 heterocycles. The Morgan fingerprint density at radius 1 is 1.17 bits per heavy atom. The van der Waals surface area contributed by atoms with Crippen molar-refractivity contribution in [3.63, 3.8) is 0 Å². The average Bonchev–Trinajstić information content (AvgIpc) is 2.87. The van der Waals surface area contributed by atoms with Gasteiger partial charge in [0, 0.05) is 11.6 Å². The smallest absolute Gasteiger partial charge is 0.225 e. The summed E-state index contributed by atoms with van der Waals surface area (Å²) in [6, 6.07) is 3.04. The van der Waals surface area contributed by atoms with Gasteiger partial charge in [0.25, 0.3) is 0 Å². The molecule has 0 spiro atoms. The minimum absolute atomic E-state index is 0.00111. The van der Waals surface area contributed by atoms with Crippen LogP contribution in [0.25, 0.3) is 22.4 Å². The van der Waals surface area contributed by atoms with Crippen LogP contribution in [0.1, 0.15) is 38.7 Å². The summed E-state index contributed by atoms with van der Waals surface area (Å²) in [5.74, 6) is 0.191. The zero-order chi connectivity index (χ0) is 16.7. The molecule has 0 saturated carbocycles. The van der Waals surface area contributed by atoms with Crippen LogP contribution in [0.2, 0.25) is 5.28 Å². The van der Waals surface area contributed by atoms with Gasteiger partial charge in [0.2, 0.25) is 5.28 Å². The molecule has 3 rings (SSSR count). The van der Waals surface area contributed by atoms with Crippen molar-refractivity contribution >= 4 is 22.6 Å². The number of halogens is 2. The van der Waals surface area contributed by atoms with E-state index in [1.54, 1.807) is 17.6 Å². The van der Waals surface area contributed by atoms with Crippen LogP contribution >= 0.6 is 11.6 Å². The van der Waals surface area contributed by atoms with Gasteiger partial charge in [-0.2, -0.15) is 4.98 Å². The number of aliphatic hydroxyl groups excluding tert-OH is 1. The van der Waals surface area contributed by atoms with Crippen molar-refractivity contribution in [3.8, 4) is 11.4 Å². The number of aliphatic hydroxyl groups is 1. The third-order valence-electron chi connectivity index (χ3n) is 3.47. The molecule has 8 heteroatoms. The van der Waals surface area contributed by atoms with Crippen LogP contribution in [-0.4, -0.2) is 29.6 Å². The lowest BCUT2D eigenvalue weighted by atomic mass is 10.1. The lowest BCUT2D eigenvalue weighted by molar-refractivity contribution is 0.182. The Bertz CT molecular complexity index is 878. The standard InChI is InChI=1S/C15H15ClFN5O/c1-7(2)22-11-5-9(13-18-6-19-15(16)21-13)4-10(17)12(11)20-14(22)8(3)23/h4-8,23H,1-3H3. The van der Waals surface area contributed by atoms with Crippen molar-refractivity contribution in [2.75, 3.05) is 0 Å². The molecule has 3 aromatic rings. The molecule has 0 amide bonds. The zero-order valence-corrected chi connectivity index (χ0v) is 13.6. The molecule has 23 heavy (non-hydrogen) atoms. The van der Waals surface area contributed by atoms with Crippen molar-refractivity contribution in [2.24, 2.45) is 0 Å². The molecule has 2 aromatic heterocycles. The highest BCUT2D eigenvalue weighted by Gasteiger charge is 2.20. The van der Waals surface area contributed by atoms with Crippen LogP contribution in [0.15, 0.2) is 18.5 Å². The molecule has 6 nitrogen and oxygen atoms in total. The van der Waals surface area contributed by atoms with Gasteiger partial charge >= 0.3 is 0 Å². The summed E-state index contributed by atoms with van der Waals surface area (Å²) in [6.45, 7) is 5.49. The molecule has 0 aliphatic rings. The predicted molar refractivity (Wildman–Crippen MR) is 84.5 cm³/mol. The van der Waals surface area contributed by atoms with E-state index in [0.29, 0.717) is 16.9 Å². The first-order valence-corrected chi connectivity index (χ1v) is 7.50. The lowest BCUT2D eigenvalue weighted by Gasteiger charge is -2.14. The van der Waals surface area contributed by atoms with Crippen molar-refractivity contribution in [3.05, 3.63) is 35.4 Å². The van der Waals surface area contributed by atoms with Gasteiger partial charge in [-0.15, -0.1) is 0 Å².